The number of hydrogen-bond acceptors (Lipinski definition) is 6. The van der Waals surface area contributed by atoms with Crippen molar-refractivity contribution in [3.63, 3.8) is 0 Å². The molecule has 3 N–H and O–H groups in total. The highest BCUT2D eigenvalue weighted by molar-refractivity contribution is 6.37. The standard InChI is InChI=1S/C24H27ClN2O6/c1-13(2)32-24(31)23(30)27-16-9-14(3)21(19(25)10-16)33-17-7-8-20(28)18(11-17)22(29)26-12-15-5-4-6-15/h7-11,13,15,28H,4-6,12H2,1-3H3,(H,26,29)(H,27,30). The molecule has 9 heteroatoms. The van der Waals surface area contributed by atoms with E-state index in [0.717, 1.165) is 12.8 Å². The molecule has 1 saturated carbocycles. The van der Waals surface area contributed by atoms with Gasteiger partial charge in [0, 0.05) is 12.2 Å². The van der Waals surface area contributed by atoms with E-state index in [1.807, 2.05) is 0 Å². The van der Waals surface area contributed by atoms with Crippen LogP contribution in [-0.4, -0.2) is 35.5 Å². The van der Waals surface area contributed by atoms with E-state index in [9.17, 15) is 19.5 Å². The van der Waals surface area contributed by atoms with Crippen LogP contribution in [0.4, 0.5) is 5.69 Å². The molecule has 0 unspecified atom stereocenters. The first-order valence-corrected chi connectivity index (χ1v) is 11.1. The molecule has 33 heavy (non-hydrogen) atoms. The van der Waals surface area contributed by atoms with Crippen LogP contribution in [0.3, 0.4) is 0 Å². The summed E-state index contributed by atoms with van der Waals surface area (Å²) in [6.07, 6.45) is 2.96. The van der Waals surface area contributed by atoms with Crippen LogP contribution in [0.2, 0.25) is 5.02 Å². The van der Waals surface area contributed by atoms with Gasteiger partial charge in [-0.1, -0.05) is 18.0 Å². The van der Waals surface area contributed by atoms with E-state index in [1.54, 1.807) is 26.8 Å². The van der Waals surface area contributed by atoms with Gasteiger partial charge in [-0.3, -0.25) is 9.59 Å². The number of carbonyl (C=O) groups excluding carboxylic acids is 3. The fraction of sp³-hybridized carbons (Fsp3) is 0.375. The van der Waals surface area contributed by atoms with Crippen molar-refractivity contribution in [1.29, 1.82) is 0 Å². The number of anilines is 1. The van der Waals surface area contributed by atoms with Crippen molar-refractivity contribution in [2.24, 2.45) is 5.92 Å². The van der Waals surface area contributed by atoms with Gasteiger partial charge in [0.2, 0.25) is 0 Å². The third-order valence-corrected chi connectivity index (χ3v) is 5.50. The molecule has 0 atom stereocenters. The molecule has 0 spiro atoms. The monoisotopic (exact) mass is 474 g/mol. The zero-order valence-corrected chi connectivity index (χ0v) is 19.5. The molecule has 2 amide bonds. The predicted molar refractivity (Wildman–Crippen MR) is 124 cm³/mol. The maximum absolute atomic E-state index is 12.5. The average Bonchev–Trinajstić information content (AvgIpc) is 2.70. The number of halogens is 1. The second-order valence-electron chi connectivity index (χ2n) is 8.30. The Hall–Kier alpha value is -3.26. The van der Waals surface area contributed by atoms with Gasteiger partial charge in [0.1, 0.15) is 17.2 Å². The summed E-state index contributed by atoms with van der Waals surface area (Å²) in [6.45, 7) is 5.58. The minimum absolute atomic E-state index is 0.105. The fourth-order valence-electron chi connectivity index (χ4n) is 3.29. The number of benzene rings is 2. The third kappa shape index (κ3) is 6.38. The molecule has 1 aliphatic carbocycles. The minimum atomic E-state index is -0.994. The van der Waals surface area contributed by atoms with Crippen molar-refractivity contribution in [2.45, 2.75) is 46.1 Å². The van der Waals surface area contributed by atoms with E-state index >= 15 is 0 Å². The molecule has 176 valence electrons. The highest BCUT2D eigenvalue weighted by Gasteiger charge is 2.21. The van der Waals surface area contributed by atoms with Crippen LogP contribution in [0.15, 0.2) is 30.3 Å². The number of ether oxygens (including phenoxy) is 2. The Bertz CT molecular complexity index is 1040. The van der Waals surface area contributed by atoms with Crippen molar-refractivity contribution < 1.29 is 29.0 Å². The number of amides is 2. The summed E-state index contributed by atoms with van der Waals surface area (Å²) >= 11 is 6.35. The number of aryl methyl sites for hydroxylation is 1. The Kier molecular flexibility index (Phi) is 7.81. The van der Waals surface area contributed by atoms with Crippen molar-refractivity contribution >= 4 is 35.1 Å². The molecule has 1 aliphatic rings. The summed E-state index contributed by atoms with van der Waals surface area (Å²) in [5, 5.41) is 15.6. The highest BCUT2D eigenvalue weighted by Crippen LogP contribution is 2.36. The SMILES string of the molecule is Cc1cc(NC(=O)C(=O)OC(C)C)cc(Cl)c1Oc1ccc(O)c(C(=O)NCC2CCC2)c1. The van der Waals surface area contributed by atoms with Crippen molar-refractivity contribution in [3.8, 4) is 17.2 Å². The van der Waals surface area contributed by atoms with Crippen LogP contribution in [0, 0.1) is 12.8 Å². The first-order valence-electron chi connectivity index (χ1n) is 10.7. The Morgan fingerprint density at radius 1 is 1.18 bits per heavy atom. The topological polar surface area (TPSA) is 114 Å². The van der Waals surface area contributed by atoms with Crippen LogP contribution < -0.4 is 15.4 Å². The smallest absolute Gasteiger partial charge is 0.397 e. The zero-order valence-electron chi connectivity index (χ0n) is 18.7. The van der Waals surface area contributed by atoms with E-state index < -0.39 is 18.0 Å². The van der Waals surface area contributed by atoms with Gasteiger partial charge in [0.25, 0.3) is 5.91 Å². The van der Waals surface area contributed by atoms with Gasteiger partial charge in [-0.25, -0.2) is 4.79 Å². The summed E-state index contributed by atoms with van der Waals surface area (Å²) in [6, 6.07) is 7.38. The zero-order chi connectivity index (χ0) is 24.1. The number of carbonyl (C=O) groups is 3. The summed E-state index contributed by atoms with van der Waals surface area (Å²) < 4.78 is 10.7. The number of aromatic hydroxyl groups is 1. The molecule has 3 rings (SSSR count). The van der Waals surface area contributed by atoms with Gasteiger partial charge in [0.05, 0.1) is 16.7 Å². The lowest BCUT2D eigenvalue weighted by molar-refractivity contribution is -0.155. The van der Waals surface area contributed by atoms with E-state index in [4.69, 9.17) is 21.1 Å². The first kappa shape index (κ1) is 24.4. The van der Waals surface area contributed by atoms with E-state index in [2.05, 4.69) is 10.6 Å². The molecule has 1 fully saturated rings. The molecule has 8 nitrogen and oxygen atoms in total. The van der Waals surface area contributed by atoms with E-state index in [-0.39, 0.29) is 22.2 Å². The normalized spacial score (nSPS) is 13.2. The van der Waals surface area contributed by atoms with Gasteiger partial charge in [-0.2, -0.15) is 0 Å². The Balaban J connectivity index is 1.71. The molecule has 2 aromatic carbocycles. The third-order valence-electron chi connectivity index (χ3n) is 5.22. The Labute approximate surface area is 197 Å². The van der Waals surface area contributed by atoms with Gasteiger partial charge in [-0.15, -0.1) is 0 Å². The number of hydrogen-bond donors (Lipinski definition) is 3. The molecule has 2 aromatic rings. The summed E-state index contributed by atoms with van der Waals surface area (Å²) in [5.74, 6) is -1.32. The second kappa shape index (κ2) is 10.6. The Morgan fingerprint density at radius 3 is 2.52 bits per heavy atom. The lowest BCUT2D eigenvalue weighted by Gasteiger charge is -2.25. The molecule has 0 saturated heterocycles. The summed E-state index contributed by atoms with van der Waals surface area (Å²) in [5.41, 5.74) is 0.990. The highest BCUT2D eigenvalue weighted by atomic mass is 35.5. The number of nitrogens with one attached hydrogen (secondary N) is 2. The molecule has 0 heterocycles. The fourth-order valence-corrected chi connectivity index (χ4v) is 3.59. The predicted octanol–water partition coefficient (Wildman–Crippen LogP) is 4.57. The maximum Gasteiger partial charge on any atom is 0.397 e. The van der Waals surface area contributed by atoms with Crippen LogP contribution in [-0.2, 0) is 14.3 Å². The first-order chi connectivity index (χ1) is 15.6. The molecule has 0 aliphatic heterocycles. The second-order valence-corrected chi connectivity index (χ2v) is 8.71. The lowest BCUT2D eigenvalue weighted by atomic mass is 9.85. The van der Waals surface area contributed by atoms with Crippen LogP contribution in [0.25, 0.3) is 0 Å². The minimum Gasteiger partial charge on any atom is -0.507 e. The average molecular weight is 475 g/mol. The quantitative estimate of drug-likeness (QED) is 0.400. The lowest BCUT2D eigenvalue weighted by Crippen LogP contribution is -2.32. The van der Waals surface area contributed by atoms with Gasteiger partial charge >= 0.3 is 11.9 Å². The van der Waals surface area contributed by atoms with Crippen LogP contribution >= 0.6 is 11.6 Å². The molecular weight excluding hydrogens is 448 g/mol. The van der Waals surface area contributed by atoms with Crippen LogP contribution in [0.5, 0.6) is 17.2 Å². The molecular formula is C24H27ClN2O6. The molecule has 0 radical (unpaired) electrons. The number of phenols is 1. The van der Waals surface area contributed by atoms with E-state index in [0.29, 0.717) is 35.2 Å². The van der Waals surface area contributed by atoms with Gasteiger partial charge < -0.3 is 25.2 Å². The summed E-state index contributed by atoms with van der Waals surface area (Å²) in [4.78, 5) is 36.2. The maximum atomic E-state index is 12.5. The molecule has 0 aromatic heterocycles. The largest absolute Gasteiger partial charge is 0.507 e. The van der Waals surface area contributed by atoms with Gasteiger partial charge in [0.15, 0.2) is 0 Å². The number of esters is 1. The molecule has 0 bridgehead atoms. The number of phenolic OH excluding ortho intramolecular Hbond substituents is 1. The van der Waals surface area contributed by atoms with Gasteiger partial charge in [-0.05, 0) is 75.4 Å². The van der Waals surface area contributed by atoms with E-state index in [1.165, 1.54) is 30.7 Å². The van der Waals surface area contributed by atoms with Crippen molar-refractivity contribution in [1.82, 2.24) is 5.32 Å². The van der Waals surface area contributed by atoms with Crippen molar-refractivity contribution in [2.75, 3.05) is 11.9 Å². The van der Waals surface area contributed by atoms with Crippen molar-refractivity contribution in [3.05, 3.63) is 46.5 Å². The number of rotatable bonds is 7. The van der Waals surface area contributed by atoms with Crippen LogP contribution in [0.1, 0.15) is 49.0 Å². The Morgan fingerprint density at radius 2 is 1.91 bits per heavy atom. The summed E-state index contributed by atoms with van der Waals surface area (Å²) in [7, 11) is 0.